The summed E-state index contributed by atoms with van der Waals surface area (Å²) in [7, 11) is 0. The normalized spacial score (nSPS) is 10.4. The molecular weight excluding hydrogens is 296 g/mol. The van der Waals surface area contributed by atoms with Crippen LogP contribution in [0.3, 0.4) is 0 Å². The molecule has 0 saturated heterocycles. The molecule has 0 atom stereocenters. The number of nitrogens with two attached hydrogens (primary N) is 1. The van der Waals surface area contributed by atoms with E-state index < -0.39 is 0 Å². The van der Waals surface area contributed by atoms with E-state index in [1.54, 1.807) is 11.0 Å². The first-order chi connectivity index (χ1) is 11.6. The van der Waals surface area contributed by atoms with Gasteiger partial charge in [0.15, 0.2) is 0 Å². The number of rotatable bonds is 4. The van der Waals surface area contributed by atoms with Gasteiger partial charge < -0.3 is 10.6 Å². The van der Waals surface area contributed by atoms with Crippen LogP contribution in [0.25, 0.3) is 0 Å². The Labute approximate surface area is 142 Å². The van der Waals surface area contributed by atoms with E-state index in [0.29, 0.717) is 17.8 Å². The standard InChI is InChI=1S/C21H20N2O/c1-16-12-13-18(22)14-20(16)21(24)23(19-10-6-3-7-11-19)15-17-8-4-2-5-9-17/h2-14H,15,22H2,1H3. The van der Waals surface area contributed by atoms with Crippen LogP contribution < -0.4 is 10.6 Å². The maximum absolute atomic E-state index is 13.2. The van der Waals surface area contributed by atoms with Gasteiger partial charge in [0.1, 0.15) is 0 Å². The number of benzene rings is 3. The van der Waals surface area contributed by atoms with Crippen LogP contribution in [0.2, 0.25) is 0 Å². The van der Waals surface area contributed by atoms with Crippen molar-refractivity contribution in [3.8, 4) is 0 Å². The Hall–Kier alpha value is -3.07. The van der Waals surface area contributed by atoms with Crippen LogP contribution in [0, 0.1) is 6.92 Å². The van der Waals surface area contributed by atoms with Gasteiger partial charge in [0.2, 0.25) is 0 Å². The summed E-state index contributed by atoms with van der Waals surface area (Å²) in [6.45, 7) is 2.44. The van der Waals surface area contributed by atoms with Crippen molar-refractivity contribution in [2.75, 3.05) is 10.6 Å². The minimum Gasteiger partial charge on any atom is -0.399 e. The SMILES string of the molecule is Cc1ccc(N)cc1C(=O)N(Cc1ccccc1)c1ccccc1. The number of hydrogen-bond donors (Lipinski definition) is 1. The number of nitrogens with zero attached hydrogens (tertiary/aromatic N) is 1. The zero-order chi connectivity index (χ0) is 16.9. The van der Waals surface area contributed by atoms with E-state index in [4.69, 9.17) is 5.73 Å². The van der Waals surface area contributed by atoms with E-state index in [-0.39, 0.29) is 5.91 Å². The van der Waals surface area contributed by atoms with Gasteiger partial charge in [-0.25, -0.2) is 0 Å². The van der Waals surface area contributed by atoms with Crippen LogP contribution >= 0.6 is 0 Å². The van der Waals surface area contributed by atoms with Crippen molar-refractivity contribution >= 4 is 17.3 Å². The maximum atomic E-state index is 13.2. The topological polar surface area (TPSA) is 46.3 Å². The Balaban J connectivity index is 2.01. The number of carbonyl (C=O) groups excluding carboxylic acids is 1. The van der Waals surface area contributed by atoms with Crippen molar-refractivity contribution in [2.45, 2.75) is 13.5 Å². The quantitative estimate of drug-likeness (QED) is 0.724. The molecule has 0 radical (unpaired) electrons. The minimum atomic E-state index is -0.0464. The van der Waals surface area contributed by atoms with Gasteiger partial charge in [0, 0.05) is 16.9 Å². The molecule has 3 aromatic rings. The molecule has 3 rings (SSSR count). The van der Waals surface area contributed by atoms with Crippen LogP contribution in [-0.2, 0) is 6.54 Å². The van der Waals surface area contributed by atoms with Crippen LogP contribution in [0.15, 0.2) is 78.9 Å². The van der Waals surface area contributed by atoms with E-state index in [1.165, 1.54) is 0 Å². The summed E-state index contributed by atoms with van der Waals surface area (Å²) < 4.78 is 0. The third kappa shape index (κ3) is 3.46. The third-order valence-electron chi connectivity index (χ3n) is 3.99. The second kappa shape index (κ2) is 7.01. The highest BCUT2D eigenvalue weighted by molar-refractivity contribution is 6.07. The van der Waals surface area contributed by atoms with E-state index in [9.17, 15) is 4.79 Å². The number of anilines is 2. The zero-order valence-electron chi connectivity index (χ0n) is 13.6. The van der Waals surface area contributed by atoms with Crippen molar-refractivity contribution in [2.24, 2.45) is 0 Å². The highest BCUT2D eigenvalue weighted by Gasteiger charge is 2.20. The third-order valence-corrected chi connectivity index (χ3v) is 3.99. The van der Waals surface area contributed by atoms with Gasteiger partial charge >= 0.3 is 0 Å². The maximum Gasteiger partial charge on any atom is 0.258 e. The Morgan fingerprint density at radius 1 is 0.917 bits per heavy atom. The first kappa shape index (κ1) is 15.8. The first-order valence-electron chi connectivity index (χ1n) is 7.92. The molecule has 0 aliphatic rings. The minimum absolute atomic E-state index is 0.0464. The summed E-state index contributed by atoms with van der Waals surface area (Å²) in [6, 6.07) is 25.1. The average Bonchev–Trinajstić information content (AvgIpc) is 2.63. The van der Waals surface area contributed by atoms with E-state index >= 15 is 0 Å². The van der Waals surface area contributed by atoms with Crippen molar-refractivity contribution in [3.05, 3.63) is 95.6 Å². The fraction of sp³-hybridized carbons (Fsp3) is 0.0952. The number of nitrogen functional groups attached to an aromatic ring is 1. The monoisotopic (exact) mass is 316 g/mol. The Morgan fingerprint density at radius 2 is 1.54 bits per heavy atom. The number of para-hydroxylation sites is 1. The molecular formula is C21H20N2O. The molecule has 0 aliphatic heterocycles. The number of amides is 1. The summed E-state index contributed by atoms with van der Waals surface area (Å²) >= 11 is 0. The van der Waals surface area contributed by atoms with E-state index in [2.05, 4.69) is 0 Å². The van der Waals surface area contributed by atoms with E-state index in [1.807, 2.05) is 79.7 Å². The van der Waals surface area contributed by atoms with Crippen molar-refractivity contribution < 1.29 is 4.79 Å². The molecule has 1 amide bonds. The summed E-state index contributed by atoms with van der Waals surface area (Å²) in [4.78, 5) is 15.0. The molecule has 0 bridgehead atoms. The van der Waals surface area contributed by atoms with Crippen LogP contribution in [-0.4, -0.2) is 5.91 Å². The Morgan fingerprint density at radius 3 is 2.21 bits per heavy atom. The lowest BCUT2D eigenvalue weighted by atomic mass is 10.1. The smallest absolute Gasteiger partial charge is 0.258 e. The van der Waals surface area contributed by atoms with Gasteiger partial charge in [-0.05, 0) is 42.3 Å². The predicted octanol–water partition coefficient (Wildman–Crippen LogP) is 4.42. The van der Waals surface area contributed by atoms with E-state index in [0.717, 1.165) is 16.8 Å². The lowest BCUT2D eigenvalue weighted by Gasteiger charge is -2.24. The molecule has 0 spiro atoms. The van der Waals surface area contributed by atoms with Gasteiger partial charge in [-0.1, -0.05) is 54.6 Å². The fourth-order valence-electron chi connectivity index (χ4n) is 2.67. The Kier molecular flexibility index (Phi) is 4.62. The highest BCUT2D eigenvalue weighted by atomic mass is 16.2. The van der Waals surface area contributed by atoms with Gasteiger partial charge in [0.25, 0.3) is 5.91 Å². The lowest BCUT2D eigenvalue weighted by Crippen LogP contribution is -2.31. The molecule has 120 valence electrons. The molecule has 3 nitrogen and oxygen atoms in total. The Bertz CT molecular complexity index is 829. The van der Waals surface area contributed by atoms with Crippen LogP contribution in [0.1, 0.15) is 21.5 Å². The lowest BCUT2D eigenvalue weighted by molar-refractivity contribution is 0.0984. The fourth-order valence-corrected chi connectivity index (χ4v) is 2.67. The average molecular weight is 316 g/mol. The van der Waals surface area contributed by atoms with Crippen molar-refractivity contribution in [1.82, 2.24) is 0 Å². The second-order valence-corrected chi connectivity index (χ2v) is 5.79. The molecule has 2 N–H and O–H groups in total. The van der Waals surface area contributed by atoms with Crippen LogP contribution in [0.4, 0.5) is 11.4 Å². The largest absolute Gasteiger partial charge is 0.399 e. The molecule has 0 saturated carbocycles. The molecule has 3 aromatic carbocycles. The van der Waals surface area contributed by atoms with Crippen molar-refractivity contribution in [3.63, 3.8) is 0 Å². The predicted molar refractivity (Wildman–Crippen MR) is 99.0 cm³/mol. The first-order valence-corrected chi connectivity index (χ1v) is 7.92. The molecule has 0 unspecified atom stereocenters. The highest BCUT2D eigenvalue weighted by Crippen LogP contribution is 2.22. The summed E-state index contributed by atoms with van der Waals surface area (Å²) in [5, 5.41) is 0. The molecule has 0 heterocycles. The van der Waals surface area contributed by atoms with Gasteiger partial charge in [-0.15, -0.1) is 0 Å². The summed E-state index contributed by atoms with van der Waals surface area (Å²) in [5.74, 6) is -0.0464. The second-order valence-electron chi connectivity index (χ2n) is 5.79. The zero-order valence-corrected chi connectivity index (χ0v) is 13.6. The van der Waals surface area contributed by atoms with Gasteiger partial charge in [-0.3, -0.25) is 4.79 Å². The van der Waals surface area contributed by atoms with Gasteiger partial charge in [0.05, 0.1) is 6.54 Å². The molecule has 0 fully saturated rings. The summed E-state index contributed by atoms with van der Waals surface area (Å²) in [5.41, 5.74) is 9.98. The number of aryl methyl sites for hydroxylation is 1. The van der Waals surface area contributed by atoms with Crippen molar-refractivity contribution in [1.29, 1.82) is 0 Å². The molecule has 24 heavy (non-hydrogen) atoms. The van der Waals surface area contributed by atoms with Crippen LogP contribution in [0.5, 0.6) is 0 Å². The molecule has 0 aliphatic carbocycles. The number of carbonyl (C=O) groups is 1. The van der Waals surface area contributed by atoms with Gasteiger partial charge in [-0.2, -0.15) is 0 Å². The molecule has 3 heteroatoms. The summed E-state index contributed by atoms with van der Waals surface area (Å²) in [6.07, 6.45) is 0. The number of hydrogen-bond acceptors (Lipinski definition) is 2. The molecule has 0 aromatic heterocycles.